The molecule has 1 atom stereocenters. The van der Waals surface area contributed by atoms with E-state index < -0.39 is 16.9 Å². The minimum atomic E-state index is -0.723. The van der Waals surface area contributed by atoms with Crippen molar-refractivity contribution in [1.29, 1.82) is 0 Å². The van der Waals surface area contributed by atoms with E-state index in [1.54, 1.807) is 49.2 Å². The number of anilines is 1. The molecule has 0 unspecified atom stereocenters. The smallest absolute Gasteiger partial charge is 0.338 e. The maximum atomic E-state index is 14.1. The van der Waals surface area contributed by atoms with Crippen LogP contribution in [0.15, 0.2) is 68.4 Å². The number of rotatable bonds is 7. The van der Waals surface area contributed by atoms with Gasteiger partial charge in [-0.2, -0.15) is 0 Å². The average Bonchev–Trinajstić information content (AvgIpc) is 3.26. The number of benzene rings is 2. The van der Waals surface area contributed by atoms with E-state index in [-0.39, 0.29) is 17.4 Å². The Labute approximate surface area is 252 Å². The minimum Gasteiger partial charge on any atom is -0.459 e. The highest BCUT2D eigenvalue weighted by molar-refractivity contribution is 7.98. The molecule has 0 aliphatic carbocycles. The Morgan fingerprint density at radius 2 is 1.88 bits per heavy atom. The van der Waals surface area contributed by atoms with E-state index in [0.29, 0.717) is 32.1 Å². The van der Waals surface area contributed by atoms with Gasteiger partial charge in [-0.25, -0.2) is 9.79 Å². The molecule has 0 spiro atoms. The molecule has 2 aromatic carbocycles. The number of allylic oxidation sites excluding steroid dienone is 1. The van der Waals surface area contributed by atoms with Crippen LogP contribution in [-0.2, 0) is 9.53 Å². The number of aromatic nitrogens is 1. The van der Waals surface area contributed by atoms with Crippen molar-refractivity contribution in [1.82, 2.24) is 4.57 Å². The van der Waals surface area contributed by atoms with Gasteiger partial charge in [-0.3, -0.25) is 19.5 Å². The number of thiazole rings is 1. The summed E-state index contributed by atoms with van der Waals surface area (Å²) < 4.78 is 7.53. The molecule has 3 aromatic rings. The maximum absolute atomic E-state index is 14.1. The first-order valence-electron chi connectivity index (χ1n) is 14.0. The van der Waals surface area contributed by atoms with E-state index in [9.17, 15) is 19.7 Å². The highest BCUT2D eigenvalue weighted by Gasteiger charge is 2.34. The van der Waals surface area contributed by atoms with Gasteiger partial charge in [0.2, 0.25) is 0 Å². The second-order valence-corrected chi connectivity index (χ2v) is 12.9. The van der Waals surface area contributed by atoms with Crippen molar-refractivity contribution in [2.24, 2.45) is 10.9 Å². The van der Waals surface area contributed by atoms with Crippen LogP contribution in [0.25, 0.3) is 6.08 Å². The fourth-order valence-electron chi connectivity index (χ4n) is 5.41. The summed E-state index contributed by atoms with van der Waals surface area (Å²) in [5.41, 5.74) is 2.70. The number of nitro benzene ring substituents is 1. The van der Waals surface area contributed by atoms with E-state index in [1.807, 2.05) is 30.5 Å². The molecule has 2 aliphatic rings. The minimum absolute atomic E-state index is 0.0375. The quantitative estimate of drug-likeness (QED) is 0.160. The van der Waals surface area contributed by atoms with Gasteiger partial charge in [0.15, 0.2) is 4.80 Å². The fraction of sp³-hybridized carbons (Fsp3) is 0.387. The van der Waals surface area contributed by atoms with Crippen LogP contribution in [0, 0.1) is 16.0 Å². The van der Waals surface area contributed by atoms with Gasteiger partial charge in [0.25, 0.3) is 11.2 Å². The van der Waals surface area contributed by atoms with E-state index in [0.717, 1.165) is 42.1 Å². The molecule has 3 heterocycles. The van der Waals surface area contributed by atoms with Crippen molar-refractivity contribution in [3.8, 4) is 0 Å². The summed E-state index contributed by atoms with van der Waals surface area (Å²) in [5, 5.41) is 11.7. The maximum Gasteiger partial charge on any atom is 0.338 e. The molecule has 0 radical (unpaired) electrons. The topological polar surface area (TPSA) is 107 Å². The number of piperidine rings is 1. The molecule has 1 fully saturated rings. The third-order valence-corrected chi connectivity index (χ3v) is 9.38. The summed E-state index contributed by atoms with van der Waals surface area (Å²) in [6.07, 6.45) is 5.43. The normalized spacial score (nSPS) is 17.8. The fourth-order valence-corrected chi connectivity index (χ4v) is 6.86. The number of fused-ring (bicyclic) bond motifs is 1. The lowest BCUT2D eigenvalue weighted by Crippen LogP contribution is -2.40. The van der Waals surface area contributed by atoms with Crippen molar-refractivity contribution >= 4 is 46.5 Å². The first-order chi connectivity index (χ1) is 20.1. The number of carbonyl (C=O) groups is 1. The van der Waals surface area contributed by atoms with Crippen LogP contribution in [0.5, 0.6) is 0 Å². The van der Waals surface area contributed by atoms with Crippen molar-refractivity contribution in [3.05, 3.63) is 94.7 Å². The molecular formula is C31H34N4O5S2. The van der Waals surface area contributed by atoms with Crippen molar-refractivity contribution in [3.63, 3.8) is 0 Å². The summed E-state index contributed by atoms with van der Waals surface area (Å²) in [7, 11) is 0. The van der Waals surface area contributed by atoms with Gasteiger partial charge in [0.1, 0.15) is 0 Å². The molecule has 5 rings (SSSR count). The second-order valence-electron chi connectivity index (χ2n) is 11.0. The van der Waals surface area contributed by atoms with Crippen LogP contribution in [0.2, 0.25) is 0 Å². The number of hydrogen-bond acceptors (Lipinski definition) is 9. The number of hydrogen-bond donors (Lipinski definition) is 0. The Bertz CT molecular complexity index is 1730. The first kappa shape index (κ1) is 29.8. The highest BCUT2D eigenvalue weighted by Crippen LogP contribution is 2.33. The van der Waals surface area contributed by atoms with Gasteiger partial charge < -0.3 is 9.64 Å². The number of thioether (sulfide) groups is 1. The molecule has 11 heteroatoms. The molecule has 1 saturated heterocycles. The van der Waals surface area contributed by atoms with Gasteiger partial charge in [-0.15, -0.1) is 11.8 Å². The van der Waals surface area contributed by atoms with Crippen molar-refractivity contribution < 1.29 is 14.5 Å². The Morgan fingerprint density at radius 1 is 1.19 bits per heavy atom. The summed E-state index contributed by atoms with van der Waals surface area (Å²) in [6.45, 7) is 9.23. The van der Waals surface area contributed by atoms with E-state index in [1.165, 1.54) is 23.5 Å². The van der Waals surface area contributed by atoms with E-state index >= 15 is 0 Å². The molecule has 1 aromatic heterocycles. The molecule has 0 bridgehead atoms. The zero-order valence-electron chi connectivity index (χ0n) is 24.3. The monoisotopic (exact) mass is 606 g/mol. The van der Waals surface area contributed by atoms with Crippen LogP contribution in [0.1, 0.15) is 57.7 Å². The number of ether oxygens (including phenoxy) is 1. The van der Waals surface area contributed by atoms with Crippen LogP contribution in [-0.4, -0.2) is 40.9 Å². The Hall–Kier alpha value is -3.70. The Morgan fingerprint density at radius 3 is 2.50 bits per heavy atom. The summed E-state index contributed by atoms with van der Waals surface area (Å²) >= 11 is 2.82. The molecule has 0 N–H and O–H groups in total. The molecule has 9 nitrogen and oxygen atoms in total. The number of non-ortho nitro benzene ring substituents is 1. The number of esters is 1. The number of nitrogens with zero attached hydrogens (tertiary/aromatic N) is 4. The van der Waals surface area contributed by atoms with E-state index in [2.05, 4.69) is 16.8 Å². The zero-order valence-corrected chi connectivity index (χ0v) is 26.0. The van der Waals surface area contributed by atoms with Gasteiger partial charge in [-0.1, -0.05) is 30.4 Å². The standard InChI is InChI=1S/C31H34N4O5S2/c1-18(2)40-30(37)27-20(4)32-31-34(28(27)21-6-9-24(41-5)10-7-21)29(36)26(42-31)17-22-16-23(35(38)39)8-11-25(22)33-14-12-19(3)13-15-33/h6-11,16-19,28H,12-15H2,1-5H3/b26-17-/t28-/m0/s1. The number of nitro groups is 1. The summed E-state index contributed by atoms with van der Waals surface area (Å²) in [4.78, 5) is 47.2. The average molecular weight is 607 g/mol. The van der Waals surface area contributed by atoms with Crippen LogP contribution < -0.4 is 19.8 Å². The predicted molar refractivity (Wildman–Crippen MR) is 167 cm³/mol. The van der Waals surface area contributed by atoms with Crippen molar-refractivity contribution in [2.45, 2.75) is 57.6 Å². The van der Waals surface area contributed by atoms with Crippen LogP contribution in [0.3, 0.4) is 0 Å². The molecule has 0 saturated carbocycles. The zero-order chi connectivity index (χ0) is 30.1. The van der Waals surface area contributed by atoms with Gasteiger partial charge in [-0.05, 0) is 75.6 Å². The largest absolute Gasteiger partial charge is 0.459 e. The predicted octanol–water partition coefficient (Wildman–Crippen LogP) is 5.05. The summed E-state index contributed by atoms with van der Waals surface area (Å²) in [6, 6.07) is 11.9. The molecule has 0 amide bonds. The van der Waals surface area contributed by atoms with Gasteiger partial charge in [0, 0.05) is 41.4 Å². The highest BCUT2D eigenvalue weighted by atomic mass is 32.2. The van der Waals surface area contributed by atoms with Crippen molar-refractivity contribution in [2.75, 3.05) is 24.2 Å². The number of carbonyl (C=O) groups excluding carboxylic acids is 1. The lowest BCUT2D eigenvalue weighted by molar-refractivity contribution is -0.384. The SMILES string of the molecule is CSc1ccc([C@H]2C(C(=O)OC(C)C)=C(C)N=c3s/c(=C\c4cc([N+](=O)[O-])ccc4N4CCC(C)CC4)c(=O)n32)cc1. The lowest BCUT2D eigenvalue weighted by Gasteiger charge is -2.33. The molecule has 220 valence electrons. The molecule has 2 aliphatic heterocycles. The second kappa shape index (κ2) is 12.3. The third kappa shape index (κ3) is 5.94. The first-order valence-corrected chi connectivity index (χ1v) is 16.0. The Kier molecular flexibility index (Phi) is 8.70. The molecular weight excluding hydrogens is 572 g/mol. The van der Waals surface area contributed by atoms with Crippen LogP contribution >= 0.6 is 23.1 Å². The molecule has 42 heavy (non-hydrogen) atoms. The van der Waals surface area contributed by atoms with E-state index in [4.69, 9.17) is 4.74 Å². The van der Waals surface area contributed by atoms with Gasteiger partial charge in [0.05, 0.1) is 32.9 Å². The lowest BCUT2D eigenvalue weighted by atomic mass is 9.96. The third-order valence-electron chi connectivity index (χ3n) is 7.65. The van der Waals surface area contributed by atoms with Gasteiger partial charge >= 0.3 is 5.97 Å². The summed E-state index contributed by atoms with van der Waals surface area (Å²) in [5.74, 6) is 0.107. The Balaban J connectivity index is 1.69. The van der Waals surface area contributed by atoms with Crippen LogP contribution in [0.4, 0.5) is 11.4 Å².